The zero-order valence-corrected chi connectivity index (χ0v) is 14.2. The molecule has 120 valence electrons. The fraction of sp³-hybridized carbons (Fsp3) is 0.571. The number of methoxy groups -OCH3 is 1. The van der Waals surface area contributed by atoms with E-state index in [0.717, 1.165) is 18.6 Å². The molecule has 0 bridgehead atoms. The zero-order chi connectivity index (χ0) is 16.0. The molecule has 0 amide bonds. The Bertz CT molecular complexity index is 711. The summed E-state index contributed by atoms with van der Waals surface area (Å²) >= 11 is 0. The topological polar surface area (TPSA) is 33.0 Å². The number of hydrogen-bond acceptors (Lipinski definition) is 2. The summed E-state index contributed by atoms with van der Waals surface area (Å²) in [5, 5.41) is 9.17. The molecule has 0 N–H and O–H groups in total. The summed E-state index contributed by atoms with van der Waals surface area (Å²) in [4.78, 5) is 0. The zero-order valence-electron chi connectivity index (χ0n) is 14.2. The summed E-state index contributed by atoms with van der Waals surface area (Å²) in [6.07, 6.45) is 8.03. The van der Waals surface area contributed by atoms with Crippen molar-refractivity contribution < 1.29 is 4.74 Å². The van der Waals surface area contributed by atoms with Gasteiger partial charge in [-0.2, -0.15) is 5.26 Å². The molecule has 3 aliphatic carbocycles. The Kier molecular flexibility index (Phi) is 3.48. The average Bonchev–Trinajstić information content (AvgIpc) is 2.91. The van der Waals surface area contributed by atoms with Gasteiger partial charge in [0.2, 0.25) is 0 Å². The molecule has 3 aliphatic rings. The summed E-state index contributed by atoms with van der Waals surface area (Å²) < 4.78 is 5.40. The third-order valence-corrected chi connectivity index (χ3v) is 6.89. The van der Waals surface area contributed by atoms with Gasteiger partial charge < -0.3 is 4.74 Å². The van der Waals surface area contributed by atoms with Crippen molar-refractivity contribution in [2.75, 3.05) is 7.11 Å². The molecule has 0 aromatic heterocycles. The second-order valence-electron chi connectivity index (χ2n) is 7.72. The van der Waals surface area contributed by atoms with Crippen LogP contribution in [0.1, 0.15) is 56.6 Å². The van der Waals surface area contributed by atoms with Gasteiger partial charge in [-0.15, -0.1) is 0 Å². The van der Waals surface area contributed by atoms with E-state index in [4.69, 9.17) is 10.00 Å². The molecule has 1 aromatic rings. The van der Waals surface area contributed by atoms with E-state index in [2.05, 4.69) is 31.2 Å². The number of rotatable bonds is 2. The minimum atomic E-state index is 0.360. The fourth-order valence-corrected chi connectivity index (χ4v) is 5.57. The molecule has 1 saturated carbocycles. The molecule has 3 atom stereocenters. The number of ether oxygens (including phenoxy) is 1. The highest BCUT2D eigenvalue weighted by atomic mass is 16.5. The molecule has 1 aromatic carbocycles. The molecule has 2 nitrogen and oxygen atoms in total. The van der Waals surface area contributed by atoms with Gasteiger partial charge in [0.1, 0.15) is 5.75 Å². The third-order valence-electron chi connectivity index (χ3n) is 6.89. The molecular weight excluding hydrogens is 282 g/mol. The van der Waals surface area contributed by atoms with Gasteiger partial charge in [0.05, 0.1) is 13.2 Å². The van der Waals surface area contributed by atoms with Crippen LogP contribution in [0.15, 0.2) is 23.8 Å². The first-order valence-electron chi connectivity index (χ1n) is 8.93. The predicted octanol–water partition coefficient (Wildman–Crippen LogP) is 5.13. The monoisotopic (exact) mass is 307 g/mol. The van der Waals surface area contributed by atoms with E-state index in [-0.39, 0.29) is 0 Å². The van der Waals surface area contributed by atoms with Gasteiger partial charge in [-0.3, -0.25) is 0 Å². The fourth-order valence-electron chi connectivity index (χ4n) is 5.57. The average molecular weight is 307 g/mol. The summed E-state index contributed by atoms with van der Waals surface area (Å²) in [6, 6.07) is 9.04. The van der Waals surface area contributed by atoms with Crippen molar-refractivity contribution in [3.05, 3.63) is 34.9 Å². The van der Waals surface area contributed by atoms with Crippen LogP contribution in [0.25, 0.3) is 5.57 Å². The molecular formula is C21H25NO. The second kappa shape index (κ2) is 5.41. The minimum absolute atomic E-state index is 0.360. The number of hydrogen-bond donors (Lipinski definition) is 0. The van der Waals surface area contributed by atoms with Crippen LogP contribution in [0.2, 0.25) is 0 Å². The molecule has 0 heterocycles. The van der Waals surface area contributed by atoms with Crippen LogP contribution in [0, 0.1) is 28.6 Å². The first-order valence-corrected chi connectivity index (χ1v) is 8.93. The Morgan fingerprint density at radius 3 is 2.91 bits per heavy atom. The number of nitrogens with zero attached hydrogens (tertiary/aromatic N) is 1. The third kappa shape index (κ3) is 2.13. The summed E-state index contributed by atoms with van der Waals surface area (Å²) in [5.41, 5.74) is 6.63. The van der Waals surface area contributed by atoms with Crippen LogP contribution in [0.5, 0.6) is 5.75 Å². The molecule has 0 saturated heterocycles. The Morgan fingerprint density at radius 2 is 2.13 bits per heavy atom. The standard InChI is InChI=1S/C21H25NO/c1-21-11-9-18-17-7-5-16(23-2)13-14(17)3-6-19(18)20(21)8-4-15(21)10-12-22/h5,7,13,15,20H,3-4,6,8-11H2,1-2H3/t15-,20-,21+/m0/s1. The quantitative estimate of drug-likeness (QED) is 0.758. The van der Waals surface area contributed by atoms with E-state index >= 15 is 0 Å². The number of aryl methyl sites for hydroxylation is 1. The van der Waals surface area contributed by atoms with Gasteiger partial charge in [-0.1, -0.05) is 18.6 Å². The van der Waals surface area contributed by atoms with Gasteiger partial charge in [0.25, 0.3) is 0 Å². The van der Waals surface area contributed by atoms with Crippen molar-refractivity contribution in [1.29, 1.82) is 5.26 Å². The first-order chi connectivity index (χ1) is 11.2. The van der Waals surface area contributed by atoms with Gasteiger partial charge in [0.15, 0.2) is 0 Å². The summed E-state index contributed by atoms with van der Waals surface area (Å²) in [6.45, 7) is 2.46. The Morgan fingerprint density at radius 1 is 1.26 bits per heavy atom. The smallest absolute Gasteiger partial charge is 0.119 e. The lowest BCUT2D eigenvalue weighted by molar-refractivity contribution is 0.156. The first kappa shape index (κ1) is 14.8. The van der Waals surface area contributed by atoms with Gasteiger partial charge in [-0.25, -0.2) is 0 Å². The molecule has 0 unspecified atom stereocenters. The van der Waals surface area contributed by atoms with Crippen molar-refractivity contribution in [1.82, 2.24) is 0 Å². The highest BCUT2D eigenvalue weighted by molar-refractivity contribution is 5.75. The van der Waals surface area contributed by atoms with Crippen LogP contribution < -0.4 is 4.74 Å². The Hall–Kier alpha value is -1.75. The van der Waals surface area contributed by atoms with Gasteiger partial charge in [0, 0.05) is 6.42 Å². The van der Waals surface area contributed by atoms with Crippen LogP contribution >= 0.6 is 0 Å². The van der Waals surface area contributed by atoms with Crippen molar-refractivity contribution in [3.8, 4) is 11.8 Å². The number of fused-ring (bicyclic) bond motifs is 4. The van der Waals surface area contributed by atoms with Crippen molar-refractivity contribution >= 4 is 5.57 Å². The molecule has 2 heteroatoms. The van der Waals surface area contributed by atoms with E-state index in [1.54, 1.807) is 18.3 Å². The maximum atomic E-state index is 9.17. The van der Waals surface area contributed by atoms with Crippen molar-refractivity contribution in [2.24, 2.45) is 17.3 Å². The van der Waals surface area contributed by atoms with E-state index in [1.807, 2.05) is 0 Å². The van der Waals surface area contributed by atoms with E-state index in [0.29, 0.717) is 17.3 Å². The lowest BCUT2D eigenvalue weighted by atomic mass is 9.60. The van der Waals surface area contributed by atoms with Crippen LogP contribution in [0.3, 0.4) is 0 Å². The van der Waals surface area contributed by atoms with Crippen LogP contribution in [-0.4, -0.2) is 7.11 Å². The second-order valence-corrected chi connectivity index (χ2v) is 7.72. The van der Waals surface area contributed by atoms with E-state index in [9.17, 15) is 0 Å². The van der Waals surface area contributed by atoms with Crippen LogP contribution in [0.4, 0.5) is 0 Å². The summed E-state index contributed by atoms with van der Waals surface area (Å²) in [7, 11) is 1.75. The predicted molar refractivity (Wildman–Crippen MR) is 92.0 cm³/mol. The van der Waals surface area contributed by atoms with E-state index < -0.39 is 0 Å². The molecule has 0 radical (unpaired) electrons. The summed E-state index contributed by atoms with van der Waals surface area (Å²) in [5.74, 6) is 2.28. The number of benzene rings is 1. The number of nitriles is 1. The largest absolute Gasteiger partial charge is 0.497 e. The van der Waals surface area contributed by atoms with Crippen LogP contribution in [-0.2, 0) is 6.42 Å². The number of allylic oxidation sites excluding steroid dienone is 2. The Balaban J connectivity index is 1.74. The van der Waals surface area contributed by atoms with Crippen molar-refractivity contribution in [3.63, 3.8) is 0 Å². The molecule has 23 heavy (non-hydrogen) atoms. The van der Waals surface area contributed by atoms with E-state index in [1.165, 1.54) is 43.2 Å². The molecule has 0 spiro atoms. The lowest BCUT2D eigenvalue weighted by Gasteiger charge is -2.44. The normalized spacial score (nSPS) is 31.9. The maximum absolute atomic E-state index is 9.17. The minimum Gasteiger partial charge on any atom is -0.497 e. The van der Waals surface area contributed by atoms with Gasteiger partial charge in [-0.05, 0) is 84.6 Å². The molecule has 4 rings (SSSR count). The lowest BCUT2D eigenvalue weighted by Crippen LogP contribution is -2.34. The molecule has 1 fully saturated rings. The van der Waals surface area contributed by atoms with Crippen molar-refractivity contribution in [2.45, 2.75) is 51.9 Å². The SMILES string of the molecule is COc1ccc2c(c1)CCC1=C2CC[C@]2(C)[C@H](CC#N)CC[C@@H]12. The van der Waals surface area contributed by atoms with Gasteiger partial charge >= 0.3 is 0 Å². The maximum Gasteiger partial charge on any atom is 0.119 e. The highest BCUT2D eigenvalue weighted by Crippen LogP contribution is 2.61. The highest BCUT2D eigenvalue weighted by Gasteiger charge is 2.50. The Labute approximate surface area is 139 Å². The molecule has 0 aliphatic heterocycles.